The van der Waals surface area contributed by atoms with Crippen molar-refractivity contribution in [1.82, 2.24) is 0 Å². The summed E-state index contributed by atoms with van der Waals surface area (Å²) in [5, 5.41) is 7.87. The van der Waals surface area contributed by atoms with E-state index in [4.69, 9.17) is 0 Å². The van der Waals surface area contributed by atoms with Gasteiger partial charge in [0.05, 0.1) is 0 Å². The first-order valence-corrected chi connectivity index (χ1v) is 17.9. The van der Waals surface area contributed by atoms with Gasteiger partial charge in [-0.3, -0.25) is 0 Å². The van der Waals surface area contributed by atoms with Crippen LogP contribution >= 0.6 is 34.0 Å². The molecule has 0 aliphatic rings. The Morgan fingerprint density at radius 1 is 0.292 bits per heavy atom. The van der Waals surface area contributed by atoms with Gasteiger partial charge < -0.3 is 0 Å². The van der Waals surface area contributed by atoms with Gasteiger partial charge in [-0.1, -0.05) is 91.0 Å². The van der Waals surface area contributed by atoms with E-state index in [0.717, 1.165) is 77.7 Å². The SMILES string of the molecule is Fc1ccc(-c2cc3c(s2)c2cc(-c4ccc(F)c5ccccc45)sc2c2cc(-c4ccc(F)c5ccccc45)sc32)c2ccccc12. The first-order valence-electron chi connectivity index (χ1n) is 15.5. The first kappa shape index (κ1) is 28.0. The number of benzene rings is 7. The summed E-state index contributed by atoms with van der Waals surface area (Å²) < 4.78 is 48.1. The summed E-state index contributed by atoms with van der Waals surface area (Å²) in [6.45, 7) is 0. The molecule has 6 heteroatoms. The Morgan fingerprint density at radius 2 is 0.562 bits per heavy atom. The Bertz CT molecular complexity index is 2530. The van der Waals surface area contributed by atoms with Gasteiger partial charge >= 0.3 is 0 Å². The van der Waals surface area contributed by atoms with Crippen LogP contribution in [0.1, 0.15) is 0 Å². The predicted molar refractivity (Wildman–Crippen MR) is 201 cm³/mol. The smallest absolute Gasteiger partial charge is 0.131 e. The van der Waals surface area contributed by atoms with Gasteiger partial charge in [-0.05, 0) is 69.2 Å². The van der Waals surface area contributed by atoms with Crippen molar-refractivity contribution in [2.75, 3.05) is 0 Å². The second kappa shape index (κ2) is 10.5. The highest BCUT2D eigenvalue weighted by Crippen LogP contribution is 2.52. The minimum Gasteiger partial charge on any atom is -0.206 e. The van der Waals surface area contributed by atoms with Crippen molar-refractivity contribution in [3.8, 4) is 31.3 Å². The maximum atomic E-state index is 14.9. The van der Waals surface area contributed by atoms with Gasteiger partial charge in [0.25, 0.3) is 0 Å². The van der Waals surface area contributed by atoms with Crippen LogP contribution in [0.15, 0.2) is 127 Å². The van der Waals surface area contributed by atoms with Crippen molar-refractivity contribution in [3.63, 3.8) is 0 Å². The van der Waals surface area contributed by atoms with Crippen LogP contribution in [0.25, 0.3) is 93.9 Å². The van der Waals surface area contributed by atoms with Crippen LogP contribution < -0.4 is 0 Å². The molecule has 10 rings (SSSR count). The molecule has 7 aromatic carbocycles. The second-order valence-electron chi connectivity index (χ2n) is 12.0. The lowest BCUT2D eigenvalue weighted by Gasteiger charge is -2.05. The highest BCUT2D eigenvalue weighted by molar-refractivity contribution is 7.30. The molecule has 0 saturated carbocycles. The molecule has 0 amide bonds. The summed E-state index contributed by atoms with van der Waals surface area (Å²) in [4.78, 5) is 3.20. The zero-order chi connectivity index (χ0) is 32.1. The molecule has 0 aliphatic carbocycles. The van der Waals surface area contributed by atoms with E-state index in [-0.39, 0.29) is 17.5 Å². The van der Waals surface area contributed by atoms with Crippen LogP contribution in [0.3, 0.4) is 0 Å². The summed E-state index contributed by atoms with van der Waals surface area (Å²) >= 11 is 5.16. The third-order valence-corrected chi connectivity index (χ3v) is 12.9. The fraction of sp³-hybridized carbons (Fsp3) is 0. The average molecular weight is 679 g/mol. The number of thiophene rings is 3. The van der Waals surface area contributed by atoms with Crippen LogP contribution in [0.4, 0.5) is 13.2 Å². The molecule has 0 nitrogen and oxygen atoms in total. The van der Waals surface area contributed by atoms with E-state index in [1.807, 2.05) is 91.0 Å². The van der Waals surface area contributed by atoms with Crippen molar-refractivity contribution >= 4 is 96.6 Å². The van der Waals surface area contributed by atoms with Crippen molar-refractivity contribution in [1.29, 1.82) is 0 Å². The summed E-state index contributed by atoms with van der Waals surface area (Å²) in [7, 11) is 0. The molecule has 48 heavy (non-hydrogen) atoms. The number of halogens is 3. The average Bonchev–Trinajstić information content (AvgIpc) is 3.87. The molecule has 10 aromatic rings. The van der Waals surface area contributed by atoms with Crippen LogP contribution in [-0.4, -0.2) is 0 Å². The quantitative estimate of drug-likeness (QED) is 0.174. The van der Waals surface area contributed by atoms with Gasteiger partial charge in [-0.2, -0.15) is 0 Å². The van der Waals surface area contributed by atoms with Crippen molar-refractivity contribution in [3.05, 3.63) is 145 Å². The van der Waals surface area contributed by atoms with Crippen molar-refractivity contribution in [2.45, 2.75) is 0 Å². The van der Waals surface area contributed by atoms with E-state index in [1.54, 1.807) is 52.2 Å². The Kier molecular flexibility index (Phi) is 6.13. The van der Waals surface area contributed by atoms with Gasteiger partial charge in [-0.15, -0.1) is 34.0 Å². The summed E-state index contributed by atoms with van der Waals surface area (Å²) in [6, 6.07) is 39.9. The fourth-order valence-corrected chi connectivity index (χ4v) is 11.0. The zero-order valence-corrected chi connectivity index (χ0v) is 27.4. The normalized spacial score (nSPS) is 12.1. The number of rotatable bonds is 3. The molecule has 0 N–H and O–H groups in total. The number of hydrogen-bond donors (Lipinski definition) is 0. The standard InChI is InChI=1S/C42H21F3S3/c43-34-16-13-28(22-7-1-4-10-25(22)34)37-19-31-40(46-37)32-20-38(29-14-17-35(44)26-11-5-2-8-23(26)29)48-42(32)33-21-39(47-41(31)33)30-15-18-36(45)27-12-6-3-9-24(27)30/h1-21H. The highest BCUT2D eigenvalue weighted by atomic mass is 32.1. The van der Waals surface area contributed by atoms with Crippen molar-refractivity contribution < 1.29 is 13.2 Å². The Morgan fingerprint density at radius 3 is 0.854 bits per heavy atom. The lowest BCUT2D eigenvalue weighted by Crippen LogP contribution is -1.82. The monoisotopic (exact) mass is 678 g/mol. The fourth-order valence-electron chi connectivity index (χ4n) is 7.11. The van der Waals surface area contributed by atoms with Crippen LogP contribution in [0.2, 0.25) is 0 Å². The Labute approximate surface area is 284 Å². The molecular formula is C42H21F3S3. The van der Waals surface area contributed by atoms with Crippen LogP contribution in [-0.2, 0) is 0 Å². The molecule has 0 fully saturated rings. The van der Waals surface area contributed by atoms with Gasteiger partial charge in [0, 0.05) is 61.0 Å². The largest absolute Gasteiger partial charge is 0.206 e. The van der Waals surface area contributed by atoms with E-state index < -0.39 is 0 Å². The van der Waals surface area contributed by atoms with E-state index >= 15 is 0 Å². The van der Waals surface area contributed by atoms with Gasteiger partial charge in [0.1, 0.15) is 17.5 Å². The van der Waals surface area contributed by atoms with Crippen LogP contribution in [0, 0.1) is 17.5 Å². The molecule has 0 radical (unpaired) electrons. The third kappa shape index (κ3) is 4.06. The minimum atomic E-state index is -0.233. The number of fused-ring (bicyclic) bond motifs is 9. The molecule has 0 atom stereocenters. The lowest BCUT2D eigenvalue weighted by atomic mass is 10.0. The topological polar surface area (TPSA) is 0 Å². The first-order chi connectivity index (χ1) is 23.5. The molecular weight excluding hydrogens is 658 g/mol. The molecule has 3 aromatic heterocycles. The van der Waals surface area contributed by atoms with E-state index in [1.165, 1.54) is 0 Å². The van der Waals surface area contributed by atoms with Gasteiger partial charge in [-0.25, -0.2) is 13.2 Å². The van der Waals surface area contributed by atoms with Crippen LogP contribution in [0.5, 0.6) is 0 Å². The van der Waals surface area contributed by atoms with Gasteiger partial charge in [0.15, 0.2) is 0 Å². The summed E-state index contributed by atoms with van der Waals surface area (Å²) in [5.74, 6) is -0.698. The summed E-state index contributed by atoms with van der Waals surface area (Å²) in [6.07, 6.45) is 0. The minimum absolute atomic E-state index is 0.233. The van der Waals surface area contributed by atoms with Crippen molar-refractivity contribution in [2.24, 2.45) is 0 Å². The van der Waals surface area contributed by atoms with E-state index in [9.17, 15) is 13.2 Å². The Hall–Kier alpha value is -5.01. The van der Waals surface area contributed by atoms with Gasteiger partial charge in [0.2, 0.25) is 0 Å². The number of hydrogen-bond acceptors (Lipinski definition) is 3. The molecule has 0 bridgehead atoms. The Balaban J connectivity index is 1.30. The maximum Gasteiger partial charge on any atom is 0.131 e. The molecule has 0 saturated heterocycles. The highest BCUT2D eigenvalue weighted by Gasteiger charge is 2.21. The molecule has 3 heterocycles. The molecule has 0 aliphatic heterocycles. The third-order valence-electron chi connectivity index (χ3n) is 9.34. The molecule has 228 valence electrons. The second-order valence-corrected chi connectivity index (χ2v) is 15.1. The lowest BCUT2D eigenvalue weighted by molar-refractivity contribution is 0.639. The zero-order valence-electron chi connectivity index (χ0n) is 25.0. The summed E-state index contributed by atoms with van der Waals surface area (Å²) in [5.41, 5.74) is 2.99. The predicted octanol–water partition coefficient (Wildman–Crippen LogP) is 14.2. The van der Waals surface area contributed by atoms with E-state index in [2.05, 4.69) is 18.2 Å². The maximum absolute atomic E-state index is 14.9. The molecule has 0 unspecified atom stereocenters. The van der Waals surface area contributed by atoms with E-state index in [0.29, 0.717) is 16.2 Å². The molecule has 0 spiro atoms.